The molecule has 102 valence electrons. The fraction of sp³-hybridized carbons (Fsp3) is 0.714. The molecule has 4 heteroatoms. The largest absolute Gasteiger partial charge is 0.338 e. The highest BCUT2D eigenvalue weighted by Crippen LogP contribution is 2.17. The molecule has 0 aromatic carbocycles. The summed E-state index contributed by atoms with van der Waals surface area (Å²) in [6.07, 6.45) is 5.31. The fourth-order valence-electron chi connectivity index (χ4n) is 1.82. The molecule has 0 aliphatic heterocycles. The van der Waals surface area contributed by atoms with E-state index in [0.29, 0.717) is 11.9 Å². The molecule has 0 spiro atoms. The lowest BCUT2D eigenvalue weighted by Crippen LogP contribution is -2.35. The second-order valence-corrected chi connectivity index (χ2v) is 4.99. The summed E-state index contributed by atoms with van der Waals surface area (Å²) in [6, 6.07) is 0.470. The topological polar surface area (TPSA) is 29.0 Å². The van der Waals surface area contributed by atoms with E-state index in [0.717, 1.165) is 30.2 Å². The molecule has 0 saturated heterocycles. The van der Waals surface area contributed by atoms with Crippen LogP contribution in [0.15, 0.2) is 6.20 Å². The Hall–Kier alpha value is -0.830. The molecule has 1 heterocycles. The summed E-state index contributed by atoms with van der Waals surface area (Å²) < 4.78 is 0. The van der Waals surface area contributed by atoms with Gasteiger partial charge >= 0.3 is 0 Å². The third-order valence-electron chi connectivity index (χ3n) is 3.34. The number of aromatic nitrogens is 2. The molecule has 0 bridgehead atoms. The van der Waals surface area contributed by atoms with Crippen molar-refractivity contribution < 1.29 is 0 Å². The maximum Gasteiger partial charge on any atom is 0.225 e. The first kappa shape index (κ1) is 15.2. The van der Waals surface area contributed by atoms with Gasteiger partial charge in [-0.3, -0.25) is 0 Å². The third-order valence-corrected chi connectivity index (χ3v) is 3.63. The fourth-order valence-corrected chi connectivity index (χ4v) is 2.08. The normalized spacial score (nSPS) is 12.5. The number of hydrogen-bond donors (Lipinski definition) is 0. The van der Waals surface area contributed by atoms with E-state index < -0.39 is 0 Å². The lowest BCUT2D eigenvalue weighted by Gasteiger charge is -2.28. The van der Waals surface area contributed by atoms with E-state index in [9.17, 15) is 0 Å². The van der Waals surface area contributed by atoms with Crippen molar-refractivity contribution in [3.05, 3.63) is 17.5 Å². The Bertz CT molecular complexity index is 368. The van der Waals surface area contributed by atoms with Crippen LogP contribution in [-0.2, 0) is 5.88 Å². The molecule has 18 heavy (non-hydrogen) atoms. The van der Waals surface area contributed by atoms with Crippen LogP contribution in [0.3, 0.4) is 0 Å². The summed E-state index contributed by atoms with van der Waals surface area (Å²) in [7, 11) is 0. The summed E-state index contributed by atoms with van der Waals surface area (Å²) in [5, 5.41) is 0. The lowest BCUT2D eigenvalue weighted by molar-refractivity contribution is 0.581. The van der Waals surface area contributed by atoms with E-state index in [1.165, 1.54) is 12.8 Å². The van der Waals surface area contributed by atoms with Crippen molar-refractivity contribution in [1.29, 1.82) is 0 Å². The number of unbranched alkanes of at least 4 members (excludes halogenated alkanes) is 1. The van der Waals surface area contributed by atoms with E-state index in [4.69, 9.17) is 11.6 Å². The maximum absolute atomic E-state index is 5.84. The summed E-state index contributed by atoms with van der Waals surface area (Å²) in [5.41, 5.74) is 2.00. The van der Waals surface area contributed by atoms with Gasteiger partial charge < -0.3 is 4.90 Å². The van der Waals surface area contributed by atoms with Crippen molar-refractivity contribution in [2.24, 2.45) is 0 Å². The highest BCUT2D eigenvalue weighted by molar-refractivity contribution is 6.17. The number of rotatable bonds is 7. The molecule has 1 aromatic heterocycles. The molecule has 0 aliphatic carbocycles. The Morgan fingerprint density at radius 2 is 2.11 bits per heavy atom. The molecule has 0 N–H and O–H groups in total. The van der Waals surface area contributed by atoms with Crippen molar-refractivity contribution in [3.8, 4) is 0 Å². The quantitative estimate of drug-likeness (QED) is 0.703. The first-order valence-electron chi connectivity index (χ1n) is 6.79. The standard InChI is InChI=1S/C14H24ClN3/c1-5-7-8-18(11(3)6-2)14-16-10-13(9-15)12(4)17-14/h10-11H,5-9H2,1-4H3. The highest BCUT2D eigenvalue weighted by atomic mass is 35.5. The van der Waals surface area contributed by atoms with Crippen molar-refractivity contribution in [1.82, 2.24) is 9.97 Å². The number of alkyl halides is 1. The third kappa shape index (κ3) is 3.84. The monoisotopic (exact) mass is 269 g/mol. The Morgan fingerprint density at radius 1 is 1.39 bits per heavy atom. The van der Waals surface area contributed by atoms with Gasteiger partial charge in [0.05, 0.1) is 5.88 Å². The van der Waals surface area contributed by atoms with Crippen LogP contribution in [0.5, 0.6) is 0 Å². The smallest absolute Gasteiger partial charge is 0.225 e. The summed E-state index contributed by atoms with van der Waals surface area (Å²) in [5.74, 6) is 1.31. The summed E-state index contributed by atoms with van der Waals surface area (Å²) in [6.45, 7) is 9.65. The Balaban J connectivity index is 2.93. The van der Waals surface area contributed by atoms with Gasteiger partial charge in [-0.25, -0.2) is 9.97 Å². The van der Waals surface area contributed by atoms with Crippen LogP contribution in [0, 0.1) is 6.92 Å². The van der Waals surface area contributed by atoms with Crippen LogP contribution in [0.25, 0.3) is 0 Å². The van der Waals surface area contributed by atoms with Crippen LogP contribution in [0.4, 0.5) is 5.95 Å². The predicted octanol–water partition coefficient (Wildman–Crippen LogP) is 3.93. The Kier molecular flexibility index (Phi) is 6.41. The molecule has 1 atom stereocenters. The minimum absolute atomic E-state index is 0.470. The predicted molar refractivity (Wildman–Crippen MR) is 78.3 cm³/mol. The van der Waals surface area contributed by atoms with Gasteiger partial charge in [-0.2, -0.15) is 0 Å². The van der Waals surface area contributed by atoms with Crippen LogP contribution < -0.4 is 4.90 Å². The molecule has 1 unspecified atom stereocenters. The molecule has 0 saturated carbocycles. The number of anilines is 1. The first-order chi connectivity index (χ1) is 8.63. The number of halogens is 1. The van der Waals surface area contributed by atoms with Crippen LogP contribution in [0.2, 0.25) is 0 Å². The van der Waals surface area contributed by atoms with Gasteiger partial charge in [-0.05, 0) is 26.7 Å². The average molecular weight is 270 g/mol. The van der Waals surface area contributed by atoms with Gasteiger partial charge in [0.2, 0.25) is 5.95 Å². The molecule has 3 nitrogen and oxygen atoms in total. The molecule has 1 rings (SSSR count). The molecule has 1 aromatic rings. The van der Waals surface area contributed by atoms with Gasteiger partial charge in [-0.1, -0.05) is 20.3 Å². The van der Waals surface area contributed by atoms with Crippen molar-refractivity contribution in [2.75, 3.05) is 11.4 Å². The van der Waals surface area contributed by atoms with E-state index in [1.54, 1.807) is 0 Å². The van der Waals surface area contributed by atoms with Gasteiger partial charge in [0, 0.05) is 30.0 Å². The zero-order chi connectivity index (χ0) is 13.5. The zero-order valence-corrected chi connectivity index (χ0v) is 12.7. The van der Waals surface area contributed by atoms with Gasteiger partial charge in [0.15, 0.2) is 0 Å². The molecular formula is C14H24ClN3. The summed E-state index contributed by atoms with van der Waals surface area (Å²) >= 11 is 5.84. The maximum atomic E-state index is 5.84. The molecule has 0 aliphatic rings. The molecular weight excluding hydrogens is 246 g/mol. The molecule has 0 fully saturated rings. The Labute approximate surface area is 116 Å². The van der Waals surface area contributed by atoms with E-state index >= 15 is 0 Å². The minimum atomic E-state index is 0.470. The SMILES string of the molecule is CCCCN(c1ncc(CCl)c(C)n1)C(C)CC. The number of aryl methyl sites for hydroxylation is 1. The van der Waals surface area contributed by atoms with E-state index in [1.807, 2.05) is 13.1 Å². The second-order valence-electron chi connectivity index (χ2n) is 4.72. The van der Waals surface area contributed by atoms with Gasteiger partial charge in [0.25, 0.3) is 0 Å². The first-order valence-corrected chi connectivity index (χ1v) is 7.32. The molecule has 0 radical (unpaired) electrons. The summed E-state index contributed by atoms with van der Waals surface area (Å²) in [4.78, 5) is 11.4. The van der Waals surface area contributed by atoms with Crippen molar-refractivity contribution in [2.45, 2.75) is 58.9 Å². The number of nitrogens with zero attached hydrogens (tertiary/aromatic N) is 3. The zero-order valence-electron chi connectivity index (χ0n) is 11.9. The molecule has 0 amide bonds. The van der Waals surface area contributed by atoms with Crippen LogP contribution in [0.1, 0.15) is 51.3 Å². The van der Waals surface area contributed by atoms with Crippen molar-refractivity contribution >= 4 is 17.5 Å². The van der Waals surface area contributed by atoms with E-state index in [2.05, 4.69) is 35.6 Å². The van der Waals surface area contributed by atoms with Gasteiger partial charge in [0.1, 0.15) is 0 Å². The Morgan fingerprint density at radius 3 is 2.61 bits per heavy atom. The van der Waals surface area contributed by atoms with Crippen LogP contribution in [-0.4, -0.2) is 22.6 Å². The van der Waals surface area contributed by atoms with E-state index in [-0.39, 0.29) is 0 Å². The highest BCUT2D eigenvalue weighted by Gasteiger charge is 2.15. The average Bonchev–Trinajstić information content (AvgIpc) is 2.39. The second kappa shape index (κ2) is 7.57. The van der Waals surface area contributed by atoms with Crippen molar-refractivity contribution in [3.63, 3.8) is 0 Å². The van der Waals surface area contributed by atoms with Crippen LogP contribution >= 0.6 is 11.6 Å². The lowest BCUT2D eigenvalue weighted by atomic mass is 10.2. The number of hydrogen-bond acceptors (Lipinski definition) is 3. The minimum Gasteiger partial charge on any atom is -0.338 e. The van der Waals surface area contributed by atoms with Gasteiger partial charge in [-0.15, -0.1) is 11.6 Å².